The van der Waals surface area contributed by atoms with E-state index in [1.165, 1.54) is 12.1 Å². The summed E-state index contributed by atoms with van der Waals surface area (Å²) in [7, 11) is 0. The smallest absolute Gasteiger partial charge is 0.193 e. The van der Waals surface area contributed by atoms with Gasteiger partial charge in [-0.05, 0) is 22.8 Å². The third-order valence-corrected chi connectivity index (χ3v) is 5.01. The summed E-state index contributed by atoms with van der Waals surface area (Å²) in [5.74, 6) is 0.146. The van der Waals surface area contributed by atoms with Crippen LogP contribution in [0.1, 0.15) is 27.0 Å². The Morgan fingerprint density at radius 1 is 0.727 bits per heavy atom. The maximum absolute atomic E-state index is 13.0. The van der Waals surface area contributed by atoms with E-state index in [1.54, 1.807) is 12.1 Å². The SMILES string of the molecule is O=C(/C=C/c1ccccc1)c1c(O)cc(OCc2ccccc2)cc1OCc1ccccc1. The second kappa shape index (κ2) is 10.8. The van der Waals surface area contributed by atoms with E-state index in [9.17, 15) is 9.90 Å². The molecule has 4 aromatic carbocycles. The summed E-state index contributed by atoms with van der Waals surface area (Å²) >= 11 is 0. The Kier molecular flexibility index (Phi) is 7.18. The molecule has 0 amide bonds. The lowest BCUT2D eigenvalue weighted by Crippen LogP contribution is -2.04. The predicted molar refractivity (Wildman–Crippen MR) is 129 cm³/mol. The van der Waals surface area contributed by atoms with E-state index < -0.39 is 0 Å². The number of phenolic OH excluding ortho intramolecular Hbond substituents is 1. The second-order valence-corrected chi connectivity index (χ2v) is 7.47. The Bertz CT molecular complexity index is 1220. The van der Waals surface area contributed by atoms with Crippen molar-refractivity contribution in [2.24, 2.45) is 0 Å². The van der Waals surface area contributed by atoms with Gasteiger partial charge in [0, 0.05) is 12.1 Å². The molecular weight excluding hydrogens is 412 g/mol. The molecule has 4 aromatic rings. The molecule has 0 aromatic heterocycles. The van der Waals surface area contributed by atoms with Crippen molar-refractivity contribution < 1.29 is 19.4 Å². The lowest BCUT2D eigenvalue weighted by molar-refractivity contribution is 0.104. The molecular formula is C29H24O4. The number of carbonyl (C=O) groups excluding carboxylic acids is 1. The van der Waals surface area contributed by atoms with Crippen molar-refractivity contribution in [1.82, 2.24) is 0 Å². The van der Waals surface area contributed by atoms with E-state index in [4.69, 9.17) is 9.47 Å². The van der Waals surface area contributed by atoms with Gasteiger partial charge in [-0.1, -0.05) is 97.1 Å². The van der Waals surface area contributed by atoms with Crippen LogP contribution in [0.15, 0.2) is 109 Å². The quantitative estimate of drug-likeness (QED) is 0.242. The molecule has 0 saturated carbocycles. The zero-order chi connectivity index (χ0) is 22.9. The molecule has 0 bridgehead atoms. The fourth-order valence-corrected chi connectivity index (χ4v) is 3.32. The summed E-state index contributed by atoms with van der Waals surface area (Å²) in [4.78, 5) is 13.0. The summed E-state index contributed by atoms with van der Waals surface area (Å²) in [5, 5.41) is 10.7. The average molecular weight is 437 g/mol. The zero-order valence-electron chi connectivity index (χ0n) is 18.1. The summed E-state index contributed by atoms with van der Waals surface area (Å²) < 4.78 is 11.8. The molecule has 0 radical (unpaired) electrons. The van der Waals surface area contributed by atoms with Gasteiger partial charge in [-0.25, -0.2) is 0 Å². The highest BCUT2D eigenvalue weighted by Crippen LogP contribution is 2.35. The minimum Gasteiger partial charge on any atom is -0.507 e. The van der Waals surface area contributed by atoms with Crippen LogP contribution >= 0.6 is 0 Å². The Hall–Kier alpha value is -4.31. The highest BCUT2D eigenvalue weighted by molar-refractivity contribution is 6.10. The monoisotopic (exact) mass is 436 g/mol. The summed E-state index contributed by atoms with van der Waals surface area (Å²) in [6, 6.07) is 32.0. The number of carbonyl (C=O) groups is 1. The largest absolute Gasteiger partial charge is 0.507 e. The third kappa shape index (κ3) is 6.11. The Morgan fingerprint density at radius 2 is 1.27 bits per heavy atom. The van der Waals surface area contributed by atoms with Gasteiger partial charge in [0.25, 0.3) is 0 Å². The van der Waals surface area contributed by atoms with Crippen LogP contribution in [-0.2, 0) is 13.2 Å². The van der Waals surface area contributed by atoms with Crippen LogP contribution in [0, 0.1) is 0 Å². The molecule has 164 valence electrons. The number of aromatic hydroxyl groups is 1. The molecule has 0 spiro atoms. The van der Waals surface area contributed by atoms with Crippen LogP contribution in [0.5, 0.6) is 17.2 Å². The minimum atomic E-state index is -0.353. The number of rotatable bonds is 9. The van der Waals surface area contributed by atoms with Gasteiger partial charge in [0.2, 0.25) is 0 Å². The van der Waals surface area contributed by atoms with E-state index in [0.717, 1.165) is 16.7 Å². The Balaban J connectivity index is 1.60. The lowest BCUT2D eigenvalue weighted by Gasteiger charge is -2.14. The van der Waals surface area contributed by atoms with E-state index >= 15 is 0 Å². The van der Waals surface area contributed by atoms with Gasteiger partial charge in [0.1, 0.15) is 36.0 Å². The zero-order valence-corrected chi connectivity index (χ0v) is 18.1. The van der Waals surface area contributed by atoms with Gasteiger partial charge < -0.3 is 14.6 Å². The molecule has 0 atom stereocenters. The number of benzene rings is 4. The van der Waals surface area contributed by atoms with E-state index in [2.05, 4.69) is 0 Å². The van der Waals surface area contributed by atoms with Crippen molar-refractivity contribution in [3.05, 3.63) is 131 Å². The molecule has 0 aliphatic rings. The summed E-state index contributed by atoms with van der Waals surface area (Å²) in [6.07, 6.45) is 3.15. The highest BCUT2D eigenvalue weighted by Gasteiger charge is 2.18. The van der Waals surface area contributed by atoms with Crippen LogP contribution in [0.3, 0.4) is 0 Å². The molecule has 4 nitrogen and oxygen atoms in total. The molecule has 0 aliphatic heterocycles. The van der Waals surface area contributed by atoms with Crippen molar-refractivity contribution in [2.45, 2.75) is 13.2 Å². The van der Waals surface area contributed by atoms with Crippen molar-refractivity contribution in [1.29, 1.82) is 0 Å². The minimum absolute atomic E-state index is 0.102. The van der Waals surface area contributed by atoms with Crippen molar-refractivity contribution in [2.75, 3.05) is 0 Å². The number of ether oxygens (including phenoxy) is 2. The first-order valence-electron chi connectivity index (χ1n) is 10.7. The summed E-state index contributed by atoms with van der Waals surface area (Å²) in [6.45, 7) is 0.588. The number of ketones is 1. The molecule has 1 N–H and O–H groups in total. The summed E-state index contributed by atoms with van der Waals surface area (Å²) in [5.41, 5.74) is 2.94. The van der Waals surface area contributed by atoms with Gasteiger partial charge in [0.15, 0.2) is 5.78 Å². The first-order valence-corrected chi connectivity index (χ1v) is 10.7. The topological polar surface area (TPSA) is 55.8 Å². The standard InChI is InChI=1S/C29H24O4/c30-26(17-16-22-10-4-1-5-11-22)29-27(31)18-25(32-20-23-12-6-2-7-13-23)19-28(29)33-21-24-14-8-3-9-15-24/h1-19,31H,20-21H2/b17-16+. The molecule has 4 heteroatoms. The van der Waals surface area contributed by atoms with Crippen LogP contribution < -0.4 is 9.47 Å². The Labute approximate surface area is 193 Å². The third-order valence-electron chi connectivity index (χ3n) is 5.01. The maximum atomic E-state index is 13.0. The van der Waals surface area contributed by atoms with Gasteiger partial charge >= 0.3 is 0 Å². The van der Waals surface area contributed by atoms with E-state index in [-0.39, 0.29) is 29.5 Å². The van der Waals surface area contributed by atoms with Gasteiger partial charge in [-0.15, -0.1) is 0 Å². The van der Waals surface area contributed by atoms with Crippen molar-refractivity contribution in [3.8, 4) is 17.2 Å². The number of hydrogen-bond donors (Lipinski definition) is 1. The average Bonchev–Trinajstić information content (AvgIpc) is 2.86. The van der Waals surface area contributed by atoms with Crippen molar-refractivity contribution >= 4 is 11.9 Å². The second-order valence-electron chi connectivity index (χ2n) is 7.47. The number of allylic oxidation sites excluding steroid dienone is 1. The molecule has 0 heterocycles. The normalized spacial score (nSPS) is 10.8. The fourth-order valence-electron chi connectivity index (χ4n) is 3.32. The first kappa shape index (κ1) is 21.9. The predicted octanol–water partition coefficient (Wildman–Crippen LogP) is 6.45. The van der Waals surface area contributed by atoms with Crippen LogP contribution in [0.4, 0.5) is 0 Å². The molecule has 0 aliphatic carbocycles. The molecule has 33 heavy (non-hydrogen) atoms. The molecule has 0 fully saturated rings. The highest BCUT2D eigenvalue weighted by atomic mass is 16.5. The van der Waals surface area contributed by atoms with E-state index in [1.807, 2.05) is 91.0 Å². The van der Waals surface area contributed by atoms with Gasteiger partial charge in [0.05, 0.1) is 0 Å². The Morgan fingerprint density at radius 3 is 1.88 bits per heavy atom. The van der Waals surface area contributed by atoms with Gasteiger partial charge in [-0.2, -0.15) is 0 Å². The van der Waals surface area contributed by atoms with Crippen LogP contribution in [-0.4, -0.2) is 10.9 Å². The van der Waals surface area contributed by atoms with Crippen LogP contribution in [0.2, 0.25) is 0 Å². The molecule has 0 unspecified atom stereocenters. The maximum Gasteiger partial charge on any atom is 0.193 e. The van der Waals surface area contributed by atoms with E-state index in [0.29, 0.717) is 12.4 Å². The van der Waals surface area contributed by atoms with Gasteiger partial charge in [-0.3, -0.25) is 4.79 Å². The lowest BCUT2D eigenvalue weighted by atomic mass is 10.1. The molecule has 4 rings (SSSR count). The number of hydrogen-bond acceptors (Lipinski definition) is 4. The fraction of sp³-hybridized carbons (Fsp3) is 0.0690. The molecule has 0 saturated heterocycles. The van der Waals surface area contributed by atoms with Crippen molar-refractivity contribution in [3.63, 3.8) is 0 Å². The van der Waals surface area contributed by atoms with Crippen LogP contribution in [0.25, 0.3) is 6.08 Å². The number of phenols is 1. The first-order chi connectivity index (χ1) is 16.2.